The number of fused-ring (bicyclic) bond motifs is 1. The van der Waals surface area contributed by atoms with Crippen LogP contribution in [0.5, 0.6) is 0 Å². The first-order valence-electron chi connectivity index (χ1n) is 11.3. The van der Waals surface area contributed by atoms with Crippen LogP contribution in [0.1, 0.15) is 59.3 Å². The summed E-state index contributed by atoms with van der Waals surface area (Å²) in [4.78, 5) is 42.7. The lowest BCUT2D eigenvalue weighted by Gasteiger charge is -2.42. The van der Waals surface area contributed by atoms with Crippen LogP contribution >= 0.6 is 0 Å². The Morgan fingerprint density at radius 1 is 1.29 bits per heavy atom. The molecule has 2 bridgehead atoms. The molecule has 2 N–H and O–H groups in total. The minimum absolute atomic E-state index is 0.132. The number of nitrogens with zero attached hydrogens (tertiary/aromatic N) is 2. The summed E-state index contributed by atoms with van der Waals surface area (Å²) < 4.78 is 6.23. The molecule has 0 aliphatic carbocycles. The second kappa shape index (κ2) is 8.90. The Morgan fingerprint density at radius 2 is 1.97 bits per heavy atom. The number of likely N-dealkylation sites (tertiary alicyclic amines) is 1. The number of carbonyl (C=O) groups is 3. The lowest BCUT2D eigenvalue weighted by molar-refractivity contribution is -0.152. The zero-order chi connectivity index (χ0) is 23.0. The van der Waals surface area contributed by atoms with E-state index in [1.165, 1.54) is 0 Å². The van der Waals surface area contributed by atoms with E-state index >= 15 is 0 Å². The van der Waals surface area contributed by atoms with Crippen molar-refractivity contribution in [2.24, 2.45) is 11.8 Å². The van der Waals surface area contributed by atoms with Gasteiger partial charge in [0.05, 0.1) is 17.9 Å². The van der Waals surface area contributed by atoms with Crippen LogP contribution in [0.25, 0.3) is 0 Å². The zero-order valence-corrected chi connectivity index (χ0v) is 18.9. The third-order valence-corrected chi connectivity index (χ3v) is 7.01. The molecule has 0 saturated carbocycles. The van der Waals surface area contributed by atoms with Crippen LogP contribution in [-0.2, 0) is 19.1 Å². The molecular formula is C23H36N2O6. The summed E-state index contributed by atoms with van der Waals surface area (Å²) in [6.07, 6.45) is 5.27. The van der Waals surface area contributed by atoms with Crippen LogP contribution in [0.3, 0.4) is 0 Å². The summed E-state index contributed by atoms with van der Waals surface area (Å²) in [6, 6.07) is -0.823. The normalized spacial score (nSPS) is 31.7. The molecule has 8 nitrogen and oxygen atoms in total. The second-order valence-electron chi connectivity index (χ2n) is 9.97. The van der Waals surface area contributed by atoms with Gasteiger partial charge in [-0.1, -0.05) is 18.9 Å². The van der Waals surface area contributed by atoms with Crippen LogP contribution in [-0.4, -0.2) is 80.8 Å². The summed E-state index contributed by atoms with van der Waals surface area (Å²) in [7, 11) is 0. The van der Waals surface area contributed by atoms with Crippen LogP contribution in [0.15, 0.2) is 12.7 Å². The predicted octanol–water partition coefficient (Wildman–Crippen LogP) is 1.81. The van der Waals surface area contributed by atoms with E-state index in [9.17, 15) is 19.5 Å². The molecule has 174 valence electrons. The molecule has 5 atom stereocenters. The number of unbranched alkanes of at least 4 members (excludes halogenated alkanes) is 3. The van der Waals surface area contributed by atoms with Gasteiger partial charge in [-0.25, -0.2) is 0 Å². The van der Waals surface area contributed by atoms with Crippen molar-refractivity contribution in [1.29, 1.82) is 0 Å². The maximum Gasteiger partial charge on any atom is 0.310 e. The monoisotopic (exact) mass is 436 g/mol. The molecule has 3 rings (SSSR count). The molecule has 1 spiro atoms. The minimum atomic E-state index is -1.07. The highest BCUT2D eigenvalue weighted by atomic mass is 16.5. The Bertz CT molecular complexity index is 732. The Kier molecular flexibility index (Phi) is 6.81. The van der Waals surface area contributed by atoms with E-state index in [0.717, 1.165) is 12.8 Å². The molecule has 3 aliphatic rings. The molecule has 3 heterocycles. The first-order chi connectivity index (χ1) is 14.6. The third kappa shape index (κ3) is 4.00. The zero-order valence-electron chi connectivity index (χ0n) is 18.9. The summed E-state index contributed by atoms with van der Waals surface area (Å²) in [5.74, 6) is -3.23. The Morgan fingerprint density at radius 3 is 2.55 bits per heavy atom. The molecule has 3 saturated heterocycles. The number of carbonyl (C=O) groups excluding carboxylic acids is 2. The van der Waals surface area contributed by atoms with Crippen molar-refractivity contribution in [3.8, 4) is 0 Å². The van der Waals surface area contributed by atoms with E-state index in [4.69, 9.17) is 9.84 Å². The molecule has 0 aromatic rings. The first kappa shape index (κ1) is 23.7. The number of aliphatic carboxylic acids is 1. The molecule has 3 aliphatic heterocycles. The Hall–Kier alpha value is -1.93. The number of ether oxygens (including phenoxy) is 1. The molecule has 0 aromatic carbocycles. The topological polar surface area (TPSA) is 107 Å². The van der Waals surface area contributed by atoms with Crippen molar-refractivity contribution >= 4 is 17.8 Å². The molecule has 2 amide bonds. The molecule has 3 fully saturated rings. The fraction of sp³-hybridized carbons (Fsp3) is 0.783. The van der Waals surface area contributed by atoms with Gasteiger partial charge >= 0.3 is 5.97 Å². The van der Waals surface area contributed by atoms with Gasteiger partial charge in [-0.05, 0) is 46.5 Å². The predicted molar refractivity (Wildman–Crippen MR) is 114 cm³/mol. The quantitative estimate of drug-likeness (QED) is 0.400. The van der Waals surface area contributed by atoms with Gasteiger partial charge in [-0.15, -0.1) is 6.58 Å². The fourth-order valence-corrected chi connectivity index (χ4v) is 5.67. The highest BCUT2D eigenvalue weighted by Gasteiger charge is 2.74. The fourth-order valence-electron chi connectivity index (χ4n) is 5.67. The summed E-state index contributed by atoms with van der Waals surface area (Å²) in [6.45, 7) is 10.4. The SMILES string of the molecule is C=CCN(C(=O)C1N(CCCCCCO)C(=O)[C@@H]2[C@H](C(=O)O)[C@@H]3CCC12O3)C(C)(C)C. The highest BCUT2D eigenvalue weighted by Crippen LogP contribution is 2.58. The van der Waals surface area contributed by atoms with Gasteiger partial charge in [0.2, 0.25) is 11.8 Å². The average molecular weight is 437 g/mol. The smallest absolute Gasteiger partial charge is 0.310 e. The number of hydrogen-bond donors (Lipinski definition) is 2. The Balaban J connectivity index is 1.95. The van der Waals surface area contributed by atoms with Gasteiger partial charge in [0.1, 0.15) is 11.6 Å². The largest absolute Gasteiger partial charge is 0.481 e. The van der Waals surface area contributed by atoms with Crippen molar-refractivity contribution in [1.82, 2.24) is 9.80 Å². The molecule has 31 heavy (non-hydrogen) atoms. The average Bonchev–Trinajstić information content (AvgIpc) is 3.32. The molecule has 0 radical (unpaired) electrons. The number of rotatable bonds is 10. The molecule has 8 heteroatoms. The number of amides is 2. The Labute approximate surface area is 184 Å². The van der Waals surface area contributed by atoms with E-state index in [1.54, 1.807) is 15.9 Å². The van der Waals surface area contributed by atoms with Crippen molar-refractivity contribution in [3.05, 3.63) is 12.7 Å². The highest BCUT2D eigenvalue weighted by molar-refractivity contribution is 5.98. The second-order valence-corrected chi connectivity index (χ2v) is 9.97. The first-order valence-corrected chi connectivity index (χ1v) is 11.3. The summed E-state index contributed by atoms with van der Waals surface area (Å²) in [5.41, 5.74) is -1.56. The van der Waals surface area contributed by atoms with Gasteiger partial charge in [0.15, 0.2) is 0 Å². The van der Waals surface area contributed by atoms with E-state index in [-0.39, 0.29) is 18.4 Å². The van der Waals surface area contributed by atoms with Gasteiger partial charge in [-0.3, -0.25) is 14.4 Å². The number of aliphatic hydroxyl groups is 1. The number of aliphatic hydroxyl groups excluding tert-OH is 1. The van der Waals surface area contributed by atoms with E-state index in [2.05, 4.69) is 6.58 Å². The van der Waals surface area contributed by atoms with Crippen LogP contribution < -0.4 is 0 Å². The van der Waals surface area contributed by atoms with Crippen LogP contribution in [0.2, 0.25) is 0 Å². The lowest BCUT2D eigenvalue weighted by atomic mass is 9.70. The molecule has 2 unspecified atom stereocenters. The van der Waals surface area contributed by atoms with Gasteiger partial charge in [0, 0.05) is 25.2 Å². The molecular weight excluding hydrogens is 400 g/mol. The summed E-state index contributed by atoms with van der Waals surface area (Å²) >= 11 is 0. The third-order valence-electron chi connectivity index (χ3n) is 7.01. The van der Waals surface area contributed by atoms with Crippen molar-refractivity contribution < 1.29 is 29.3 Å². The number of carboxylic acids is 1. The number of carboxylic acid groups (broad SMARTS) is 1. The van der Waals surface area contributed by atoms with Crippen molar-refractivity contribution in [3.63, 3.8) is 0 Å². The van der Waals surface area contributed by atoms with E-state index in [1.807, 2.05) is 20.8 Å². The minimum Gasteiger partial charge on any atom is -0.481 e. The van der Waals surface area contributed by atoms with Gasteiger partial charge in [0.25, 0.3) is 0 Å². The van der Waals surface area contributed by atoms with Gasteiger partial charge in [-0.2, -0.15) is 0 Å². The maximum atomic E-state index is 13.9. The summed E-state index contributed by atoms with van der Waals surface area (Å²) in [5, 5.41) is 18.8. The van der Waals surface area contributed by atoms with Crippen molar-refractivity contribution in [2.45, 2.75) is 82.6 Å². The number of hydrogen-bond acceptors (Lipinski definition) is 5. The van der Waals surface area contributed by atoms with Crippen LogP contribution in [0.4, 0.5) is 0 Å². The van der Waals surface area contributed by atoms with Crippen LogP contribution in [0, 0.1) is 11.8 Å². The lowest BCUT2D eigenvalue weighted by Crippen LogP contribution is -2.59. The molecule has 0 aromatic heterocycles. The maximum absolute atomic E-state index is 13.9. The standard InChI is InChI=1S/C23H36N2O6/c1-5-12-25(22(2,3)4)20(28)18-23-11-10-15(31-23)16(21(29)30)17(23)19(27)24(18)13-8-6-7-9-14-26/h5,15-18,26H,1,6-14H2,2-4H3,(H,29,30)/t15-,16+,17-,18?,23?/m0/s1. The van der Waals surface area contributed by atoms with Crippen molar-refractivity contribution in [2.75, 3.05) is 19.7 Å². The van der Waals surface area contributed by atoms with E-state index < -0.39 is 41.1 Å². The van der Waals surface area contributed by atoms with Gasteiger partial charge < -0.3 is 24.7 Å². The van der Waals surface area contributed by atoms with E-state index in [0.29, 0.717) is 38.8 Å².